The van der Waals surface area contributed by atoms with E-state index in [0.717, 1.165) is 0 Å². The molecule has 2 unspecified atom stereocenters. The normalized spacial score (nSPS) is 15.1. The van der Waals surface area contributed by atoms with Crippen LogP contribution in [0.4, 0.5) is 0 Å². The minimum Gasteiger partial charge on any atom is -0.425 e. The standard InChI is InChI=1S/C18H27NO8/c1-10(2)15(21)25-14(13(6)19(7)8)12(5)17(23)27-18(24,9-20)26-16(22)11(3)4/h13,20,24H,1,3,9H2,2,4-8H3/b14-12-. The van der Waals surface area contributed by atoms with Gasteiger partial charge in [-0.05, 0) is 41.8 Å². The van der Waals surface area contributed by atoms with Crippen LogP contribution in [0.3, 0.4) is 0 Å². The quantitative estimate of drug-likeness (QED) is 0.255. The molecule has 0 radical (unpaired) electrons. The molecule has 0 rings (SSSR count). The van der Waals surface area contributed by atoms with Crippen molar-refractivity contribution in [3.8, 4) is 0 Å². The number of rotatable bonds is 9. The zero-order valence-corrected chi connectivity index (χ0v) is 16.5. The molecule has 2 N–H and O–H groups in total. The molecule has 0 aromatic carbocycles. The molecule has 0 saturated carbocycles. The van der Waals surface area contributed by atoms with Crippen LogP contribution in [0, 0.1) is 0 Å². The summed E-state index contributed by atoms with van der Waals surface area (Å²) in [6.07, 6.45) is 0. The number of nitrogens with zero attached hydrogens (tertiary/aromatic N) is 1. The van der Waals surface area contributed by atoms with Gasteiger partial charge in [0, 0.05) is 11.1 Å². The van der Waals surface area contributed by atoms with Gasteiger partial charge in [-0.1, -0.05) is 13.2 Å². The highest BCUT2D eigenvalue weighted by Crippen LogP contribution is 2.20. The highest BCUT2D eigenvalue weighted by Gasteiger charge is 2.38. The van der Waals surface area contributed by atoms with E-state index in [1.54, 1.807) is 25.9 Å². The van der Waals surface area contributed by atoms with Crippen LogP contribution in [0.5, 0.6) is 0 Å². The minimum absolute atomic E-state index is 0.0514. The van der Waals surface area contributed by atoms with Crippen LogP contribution >= 0.6 is 0 Å². The molecule has 0 amide bonds. The summed E-state index contributed by atoms with van der Waals surface area (Å²) in [5.41, 5.74) is -0.145. The Morgan fingerprint density at radius 1 is 1.00 bits per heavy atom. The van der Waals surface area contributed by atoms with Crippen LogP contribution in [0.1, 0.15) is 27.7 Å². The van der Waals surface area contributed by atoms with Crippen molar-refractivity contribution in [3.63, 3.8) is 0 Å². The zero-order chi connectivity index (χ0) is 21.5. The third kappa shape index (κ3) is 7.33. The number of carbonyl (C=O) groups excluding carboxylic acids is 3. The van der Waals surface area contributed by atoms with Crippen LogP contribution in [0.2, 0.25) is 0 Å². The Bertz CT molecular complexity index is 664. The first kappa shape index (κ1) is 24.5. The smallest absolute Gasteiger partial charge is 0.398 e. The van der Waals surface area contributed by atoms with Gasteiger partial charge < -0.3 is 24.4 Å². The van der Waals surface area contributed by atoms with Gasteiger partial charge in [-0.25, -0.2) is 14.4 Å². The third-order valence-corrected chi connectivity index (χ3v) is 3.43. The van der Waals surface area contributed by atoms with Gasteiger partial charge in [-0.3, -0.25) is 4.90 Å². The molecule has 0 aliphatic carbocycles. The van der Waals surface area contributed by atoms with E-state index in [4.69, 9.17) is 9.47 Å². The molecule has 9 nitrogen and oxygen atoms in total. The van der Waals surface area contributed by atoms with Crippen LogP contribution in [-0.2, 0) is 28.6 Å². The van der Waals surface area contributed by atoms with Gasteiger partial charge in [0.05, 0.1) is 11.6 Å². The maximum absolute atomic E-state index is 12.4. The molecule has 0 bridgehead atoms. The molecule has 27 heavy (non-hydrogen) atoms. The summed E-state index contributed by atoms with van der Waals surface area (Å²) in [4.78, 5) is 37.5. The summed E-state index contributed by atoms with van der Waals surface area (Å²) in [6, 6.07) is -0.527. The van der Waals surface area contributed by atoms with Crippen molar-refractivity contribution in [2.75, 3.05) is 20.7 Å². The number of hydrogen-bond donors (Lipinski definition) is 2. The highest BCUT2D eigenvalue weighted by atomic mass is 16.8. The van der Waals surface area contributed by atoms with E-state index in [-0.39, 0.29) is 22.5 Å². The van der Waals surface area contributed by atoms with E-state index in [1.807, 2.05) is 0 Å². The first-order valence-electron chi connectivity index (χ1n) is 7.96. The van der Waals surface area contributed by atoms with Crippen molar-refractivity contribution < 1.29 is 38.8 Å². The van der Waals surface area contributed by atoms with E-state index < -0.39 is 36.5 Å². The molecule has 2 atom stereocenters. The minimum atomic E-state index is -2.92. The number of aliphatic hydroxyl groups excluding tert-OH is 1. The maximum atomic E-state index is 12.4. The number of hydrogen-bond acceptors (Lipinski definition) is 9. The zero-order valence-electron chi connectivity index (χ0n) is 16.5. The van der Waals surface area contributed by atoms with Crippen LogP contribution < -0.4 is 0 Å². The summed E-state index contributed by atoms with van der Waals surface area (Å²) in [5.74, 6) is -5.96. The van der Waals surface area contributed by atoms with Gasteiger partial charge in [0.2, 0.25) is 0 Å². The lowest BCUT2D eigenvalue weighted by Gasteiger charge is -2.27. The van der Waals surface area contributed by atoms with Gasteiger partial charge in [-0.15, -0.1) is 0 Å². The largest absolute Gasteiger partial charge is 0.425 e. The van der Waals surface area contributed by atoms with Crippen LogP contribution in [0.25, 0.3) is 0 Å². The summed E-state index contributed by atoms with van der Waals surface area (Å²) in [5, 5.41) is 19.3. The Balaban J connectivity index is 5.76. The monoisotopic (exact) mass is 385 g/mol. The molecular weight excluding hydrogens is 358 g/mol. The molecular formula is C18H27NO8. The molecule has 152 valence electrons. The fraction of sp³-hybridized carbons (Fsp3) is 0.500. The molecule has 0 aliphatic rings. The van der Waals surface area contributed by atoms with Gasteiger partial charge in [0.1, 0.15) is 12.4 Å². The predicted octanol–water partition coefficient (Wildman–Crippen LogP) is 0.631. The Morgan fingerprint density at radius 2 is 1.44 bits per heavy atom. The first-order valence-corrected chi connectivity index (χ1v) is 7.96. The second kappa shape index (κ2) is 10.0. The third-order valence-electron chi connectivity index (χ3n) is 3.43. The fourth-order valence-corrected chi connectivity index (χ4v) is 1.54. The van der Waals surface area contributed by atoms with Crippen molar-refractivity contribution in [1.82, 2.24) is 4.90 Å². The molecule has 0 saturated heterocycles. The molecule has 0 fully saturated rings. The number of aliphatic hydroxyl groups is 2. The molecule has 0 spiro atoms. The summed E-state index contributed by atoms with van der Waals surface area (Å²) < 4.78 is 14.5. The van der Waals surface area contributed by atoms with E-state index in [2.05, 4.69) is 17.9 Å². The lowest BCUT2D eigenvalue weighted by molar-refractivity contribution is -0.334. The average molecular weight is 385 g/mol. The van der Waals surface area contributed by atoms with E-state index in [1.165, 1.54) is 20.8 Å². The van der Waals surface area contributed by atoms with E-state index in [0.29, 0.717) is 0 Å². The van der Waals surface area contributed by atoms with Crippen molar-refractivity contribution in [2.45, 2.75) is 39.7 Å². The maximum Gasteiger partial charge on any atom is 0.398 e. The average Bonchev–Trinajstić information content (AvgIpc) is 2.57. The molecule has 0 aliphatic heterocycles. The lowest BCUT2D eigenvalue weighted by Crippen LogP contribution is -2.44. The summed E-state index contributed by atoms with van der Waals surface area (Å²) in [6.45, 7) is 11.3. The van der Waals surface area contributed by atoms with Gasteiger partial charge in [0.15, 0.2) is 0 Å². The number of ether oxygens (including phenoxy) is 3. The summed E-state index contributed by atoms with van der Waals surface area (Å²) in [7, 11) is 3.38. The number of esters is 3. The van der Waals surface area contributed by atoms with E-state index >= 15 is 0 Å². The van der Waals surface area contributed by atoms with Crippen LogP contribution in [0.15, 0.2) is 35.6 Å². The second-order valence-corrected chi connectivity index (χ2v) is 6.23. The van der Waals surface area contributed by atoms with Crippen molar-refractivity contribution in [3.05, 3.63) is 35.6 Å². The SMILES string of the molecule is C=C(C)C(=O)O/C(=C(/C)C(=O)OC(O)(CO)OC(=O)C(=C)C)C(C)N(C)C. The Hall–Kier alpha value is -2.49. The number of carbonyl (C=O) groups is 3. The molecule has 0 heterocycles. The van der Waals surface area contributed by atoms with Crippen LogP contribution in [-0.4, -0.2) is 65.7 Å². The van der Waals surface area contributed by atoms with Gasteiger partial charge in [0.25, 0.3) is 0 Å². The highest BCUT2D eigenvalue weighted by molar-refractivity contribution is 5.92. The fourth-order valence-electron chi connectivity index (χ4n) is 1.54. The number of likely N-dealkylation sites (N-methyl/N-ethyl adjacent to an activating group) is 1. The molecule has 0 aromatic heterocycles. The Kier molecular flexibility index (Phi) is 9.08. The topological polar surface area (TPSA) is 123 Å². The molecule has 0 aromatic rings. The van der Waals surface area contributed by atoms with E-state index in [9.17, 15) is 24.6 Å². The lowest BCUT2D eigenvalue weighted by atomic mass is 10.1. The first-order chi connectivity index (χ1) is 12.3. The van der Waals surface area contributed by atoms with Crippen molar-refractivity contribution in [1.29, 1.82) is 0 Å². The van der Waals surface area contributed by atoms with Gasteiger partial charge in [-0.2, -0.15) is 0 Å². The van der Waals surface area contributed by atoms with Crippen molar-refractivity contribution >= 4 is 17.9 Å². The van der Waals surface area contributed by atoms with Crippen molar-refractivity contribution in [2.24, 2.45) is 0 Å². The predicted molar refractivity (Wildman–Crippen MR) is 95.8 cm³/mol. The second-order valence-electron chi connectivity index (χ2n) is 6.23. The van der Waals surface area contributed by atoms with Gasteiger partial charge >= 0.3 is 23.9 Å². The Labute approximate surface area is 158 Å². The Morgan fingerprint density at radius 3 is 1.81 bits per heavy atom. The molecule has 9 heteroatoms. The summed E-state index contributed by atoms with van der Waals surface area (Å²) >= 11 is 0.